The number of Topliss-reactive ketones (excluding diaryl/α,β-unsaturated/α-hetero) is 1. The molecule has 0 unspecified atom stereocenters. The van der Waals surface area contributed by atoms with Gasteiger partial charge in [0, 0.05) is 30.3 Å². The summed E-state index contributed by atoms with van der Waals surface area (Å²) in [7, 11) is 0. The summed E-state index contributed by atoms with van der Waals surface area (Å²) >= 11 is 0. The van der Waals surface area contributed by atoms with Crippen molar-refractivity contribution < 1.29 is 9.32 Å². The SMILES string of the molecule is Cc1nc(Cn2c(C)cc3c2CC(C)(C)CC3=O)no1. The van der Waals surface area contributed by atoms with Crippen LogP contribution in [0.3, 0.4) is 0 Å². The number of fused-ring (bicyclic) bond motifs is 1. The highest BCUT2D eigenvalue weighted by molar-refractivity contribution is 5.99. The van der Waals surface area contributed by atoms with E-state index in [0.717, 1.165) is 23.4 Å². The number of aryl methyl sites for hydroxylation is 2. The molecule has 0 N–H and O–H groups in total. The molecule has 0 saturated heterocycles. The normalized spacial score (nSPS) is 17.3. The van der Waals surface area contributed by atoms with Crippen LogP contribution in [0.25, 0.3) is 0 Å². The Kier molecular flexibility index (Phi) is 2.81. The van der Waals surface area contributed by atoms with Crippen LogP contribution in [0, 0.1) is 19.3 Å². The van der Waals surface area contributed by atoms with Crippen molar-refractivity contribution in [2.45, 2.75) is 47.1 Å². The first-order valence-electron chi connectivity index (χ1n) is 6.87. The Morgan fingerprint density at radius 2 is 2.10 bits per heavy atom. The average molecular weight is 273 g/mol. The molecule has 1 aliphatic rings. The lowest BCUT2D eigenvalue weighted by atomic mass is 9.76. The molecule has 2 aromatic heterocycles. The van der Waals surface area contributed by atoms with E-state index in [2.05, 4.69) is 28.6 Å². The third-order valence-corrected chi connectivity index (χ3v) is 3.87. The van der Waals surface area contributed by atoms with Crippen LogP contribution in [-0.2, 0) is 13.0 Å². The Morgan fingerprint density at radius 3 is 2.75 bits per heavy atom. The molecule has 0 aromatic carbocycles. The lowest BCUT2D eigenvalue weighted by molar-refractivity contribution is 0.0910. The van der Waals surface area contributed by atoms with Crippen molar-refractivity contribution in [3.8, 4) is 0 Å². The van der Waals surface area contributed by atoms with Gasteiger partial charge >= 0.3 is 0 Å². The highest BCUT2D eigenvalue weighted by Crippen LogP contribution is 2.36. The van der Waals surface area contributed by atoms with Gasteiger partial charge in [-0.3, -0.25) is 4.79 Å². The van der Waals surface area contributed by atoms with Crippen LogP contribution in [0.15, 0.2) is 10.6 Å². The minimum Gasteiger partial charge on any atom is -0.340 e. The zero-order valence-corrected chi connectivity index (χ0v) is 12.4. The summed E-state index contributed by atoms with van der Waals surface area (Å²) in [6.07, 6.45) is 1.52. The van der Waals surface area contributed by atoms with E-state index in [1.807, 2.05) is 13.0 Å². The molecule has 0 fully saturated rings. The van der Waals surface area contributed by atoms with Gasteiger partial charge in [0.05, 0.1) is 6.54 Å². The smallest absolute Gasteiger partial charge is 0.223 e. The van der Waals surface area contributed by atoms with Gasteiger partial charge in [-0.05, 0) is 24.8 Å². The second kappa shape index (κ2) is 4.30. The number of hydrogen-bond acceptors (Lipinski definition) is 4. The van der Waals surface area contributed by atoms with Gasteiger partial charge in [-0.15, -0.1) is 0 Å². The molecular formula is C15H19N3O2. The van der Waals surface area contributed by atoms with Gasteiger partial charge < -0.3 is 9.09 Å². The number of carbonyl (C=O) groups is 1. The van der Waals surface area contributed by atoms with Crippen LogP contribution in [0.1, 0.15) is 53.7 Å². The van der Waals surface area contributed by atoms with E-state index in [9.17, 15) is 4.79 Å². The zero-order valence-electron chi connectivity index (χ0n) is 12.4. The van der Waals surface area contributed by atoms with Crippen molar-refractivity contribution in [1.29, 1.82) is 0 Å². The monoisotopic (exact) mass is 273 g/mol. The predicted molar refractivity (Wildman–Crippen MR) is 73.7 cm³/mol. The van der Waals surface area contributed by atoms with Crippen molar-refractivity contribution in [3.63, 3.8) is 0 Å². The molecule has 5 nitrogen and oxygen atoms in total. The molecule has 0 radical (unpaired) electrons. The second-order valence-electron chi connectivity index (χ2n) is 6.40. The van der Waals surface area contributed by atoms with Crippen molar-refractivity contribution in [2.75, 3.05) is 0 Å². The van der Waals surface area contributed by atoms with Gasteiger partial charge in [-0.2, -0.15) is 4.98 Å². The van der Waals surface area contributed by atoms with E-state index in [4.69, 9.17) is 4.52 Å². The van der Waals surface area contributed by atoms with Gasteiger partial charge in [0.25, 0.3) is 0 Å². The molecule has 0 spiro atoms. The Balaban J connectivity index is 2.02. The molecule has 0 bridgehead atoms. The Labute approximate surface area is 118 Å². The highest BCUT2D eigenvalue weighted by Gasteiger charge is 2.34. The van der Waals surface area contributed by atoms with Crippen molar-refractivity contribution in [1.82, 2.24) is 14.7 Å². The standard InChI is InChI=1S/C15H19N3O2/c1-9-5-11-12(6-15(3,4)7-13(11)19)18(9)8-14-16-10(2)20-17-14/h5H,6-8H2,1-4H3. The van der Waals surface area contributed by atoms with E-state index in [1.54, 1.807) is 6.92 Å². The Hall–Kier alpha value is -1.91. The molecule has 1 aliphatic carbocycles. The van der Waals surface area contributed by atoms with Crippen LogP contribution >= 0.6 is 0 Å². The first-order chi connectivity index (χ1) is 9.35. The molecule has 20 heavy (non-hydrogen) atoms. The molecule has 5 heteroatoms. The Bertz CT molecular complexity index is 679. The highest BCUT2D eigenvalue weighted by atomic mass is 16.5. The molecule has 0 atom stereocenters. The fraction of sp³-hybridized carbons (Fsp3) is 0.533. The summed E-state index contributed by atoms with van der Waals surface area (Å²) in [5.74, 6) is 1.46. The van der Waals surface area contributed by atoms with Crippen LogP contribution in [0.4, 0.5) is 0 Å². The summed E-state index contributed by atoms with van der Waals surface area (Å²) in [6.45, 7) is 8.63. The maximum absolute atomic E-state index is 12.3. The fourth-order valence-electron chi connectivity index (χ4n) is 2.97. The maximum Gasteiger partial charge on any atom is 0.223 e. The van der Waals surface area contributed by atoms with E-state index in [1.165, 1.54) is 0 Å². The quantitative estimate of drug-likeness (QED) is 0.844. The number of rotatable bonds is 2. The number of nitrogens with zero attached hydrogens (tertiary/aromatic N) is 3. The van der Waals surface area contributed by atoms with Crippen LogP contribution < -0.4 is 0 Å². The minimum atomic E-state index is 0.0137. The lowest BCUT2D eigenvalue weighted by Crippen LogP contribution is -2.28. The van der Waals surface area contributed by atoms with Crippen LogP contribution in [0.2, 0.25) is 0 Å². The fourth-order valence-corrected chi connectivity index (χ4v) is 2.97. The second-order valence-corrected chi connectivity index (χ2v) is 6.40. The Morgan fingerprint density at radius 1 is 1.35 bits per heavy atom. The third kappa shape index (κ3) is 2.17. The van der Waals surface area contributed by atoms with Crippen molar-refractivity contribution in [2.24, 2.45) is 5.41 Å². The molecular weight excluding hydrogens is 254 g/mol. The maximum atomic E-state index is 12.3. The first kappa shape index (κ1) is 13.1. The number of aromatic nitrogens is 3. The summed E-state index contributed by atoms with van der Waals surface area (Å²) < 4.78 is 7.16. The summed E-state index contributed by atoms with van der Waals surface area (Å²) in [6, 6.07) is 1.99. The molecule has 0 aliphatic heterocycles. The first-order valence-corrected chi connectivity index (χ1v) is 6.87. The largest absolute Gasteiger partial charge is 0.340 e. The van der Waals surface area contributed by atoms with E-state index >= 15 is 0 Å². The topological polar surface area (TPSA) is 60.9 Å². The summed E-state index contributed by atoms with van der Waals surface area (Å²) in [5, 5.41) is 3.94. The summed E-state index contributed by atoms with van der Waals surface area (Å²) in [5.41, 5.74) is 3.05. The number of ketones is 1. The van der Waals surface area contributed by atoms with Gasteiger partial charge in [0.2, 0.25) is 5.89 Å². The van der Waals surface area contributed by atoms with E-state index < -0.39 is 0 Å². The molecule has 106 valence electrons. The van der Waals surface area contributed by atoms with Gasteiger partial charge in [-0.25, -0.2) is 0 Å². The van der Waals surface area contributed by atoms with Crippen LogP contribution in [-0.4, -0.2) is 20.5 Å². The van der Waals surface area contributed by atoms with Crippen molar-refractivity contribution in [3.05, 3.63) is 34.7 Å². The molecule has 2 heterocycles. The minimum absolute atomic E-state index is 0.0137. The van der Waals surface area contributed by atoms with E-state index in [0.29, 0.717) is 24.7 Å². The van der Waals surface area contributed by atoms with Gasteiger partial charge in [0.15, 0.2) is 11.6 Å². The van der Waals surface area contributed by atoms with Gasteiger partial charge in [-0.1, -0.05) is 19.0 Å². The predicted octanol–water partition coefficient (Wildman–Crippen LogP) is 2.69. The zero-order chi connectivity index (χ0) is 14.5. The number of carbonyl (C=O) groups excluding carboxylic acids is 1. The summed E-state index contributed by atoms with van der Waals surface area (Å²) in [4.78, 5) is 16.5. The van der Waals surface area contributed by atoms with E-state index in [-0.39, 0.29) is 11.2 Å². The molecule has 0 amide bonds. The molecule has 0 saturated carbocycles. The third-order valence-electron chi connectivity index (χ3n) is 3.87. The van der Waals surface area contributed by atoms with Gasteiger partial charge in [0.1, 0.15) is 0 Å². The number of hydrogen-bond donors (Lipinski definition) is 0. The van der Waals surface area contributed by atoms with Crippen LogP contribution in [0.5, 0.6) is 0 Å². The molecule has 3 rings (SSSR count). The molecule has 2 aromatic rings. The lowest BCUT2D eigenvalue weighted by Gasteiger charge is -2.29. The van der Waals surface area contributed by atoms with Crippen molar-refractivity contribution >= 4 is 5.78 Å². The average Bonchev–Trinajstić information content (AvgIpc) is 2.86.